The molecule has 5 nitrogen and oxygen atoms in total. The van der Waals surface area contributed by atoms with Crippen LogP contribution in [-0.4, -0.2) is 27.5 Å². The summed E-state index contributed by atoms with van der Waals surface area (Å²) in [6.07, 6.45) is 5.57. The van der Waals surface area contributed by atoms with Crippen LogP contribution in [0.15, 0.2) is 6.33 Å². The van der Waals surface area contributed by atoms with Crippen molar-refractivity contribution in [3.05, 3.63) is 17.7 Å². The van der Waals surface area contributed by atoms with E-state index in [1.807, 2.05) is 20.2 Å². The fourth-order valence-electron chi connectivity index (χ4n) is 3.18. The fourth-order valence-corrected chi connectivity index (χ4v) is 3.18. The predicted molar refractivity (Wildman–Crippen MR) is 74.8 cm³/mol. The molecule has 1 aliphatic carbocycles. The van der Waals surface area contributed by atoms with Gasteiger partial charge < -0.3 is 15.6 Å². The zero-order valence-corrected chi connectivity index (χ0v) is 12.1. The van der Waals surface area contributed by atoms with Gasteiger partial charge in [-0.15, -0.1) is 0 Å². The van der Waals surface area contributed by atoms with Crippen LogP contribution in [0, 0.1) is 13.8 Å². The highest BCUT2D eigenvalue weighted by Gasteiger charge is 2.41. The molecule has 1 fully saturated rings. The number of nitrogens with two attached hydrogens (primary N) is 1. The summed E-state index contributed by atoms with van der Waals surface area (Å²) in [5.74, 6) is -0.228. The Labute approximate surface area is 114 Å². The van der Waals surface area contributed by atoms with Crippen molar-refractivity contribution in [2.24, 2.45) is 5.73 Å². The van der Waals surface area contributed by atoms with E-state index in [0.717, 1.165) is 37.9 Å². The average Bonchev–Trinajstić information content (AvgIpc) is 2.70. The summed E-state index contributed by atoms with van der Waals surface area (Å²) < 4.78 is 2.20. The van der Waals surface area contributed by atoms with Crippen molar-refractivity contribution in [3.8, 4) is 0 Å². The molecule has 0 radical (unpaired) electrons. The molecule has 1 aliphatic rings. The van der Waals surface area contributed by atoms with Crippen LogP contribution in [-0.2, 0) is 4.79 Å². The lowest BCUT2D eigenvalue weighted by molar-refractivity contribution is -0.126. The van der Waals surface area contributed by atoms with Gasteiger partial charge in [-0.2, -0.15) is 0 Å². The van der Waals surface area contributed by atoms with Gasteiger partial charge in [-0.1, -0.05) is 6.92 Å². The Morgan fingerprint density at radius 1 is 1.63 bits per heavy atom. The Morgan fingerprint density at radius 3 is 2.89 bits per heavy atom. The number of carbonyl (C=O) groups is 1. The van der Waals surface area contributed by atoms with Crippen LogP contribution in [0.25, 0.3) is 0 Å². The van der Waals surface area contributed by atoms with Crippen LogP contribution in [0.5, 0.6) is 0 Å². The van der Waals surface area contributed by atoms with Crippen molar-refractivity contribution in [2.75, 3.05) is 6.54 Å². The summed E-state index contributed by atoms with van der Waals surface area (Å²) in [7, 11) is 0. The van der Waals surface area contributed by atoms with Gasteiger partial charge in [-0.05, 0) is 46.1 Å². The molecule has 2 atom stereocenters. The second kappa shape index (κ2) is 5.33. The third-order valence-corrected chi connectivity index (χ3v) is 4.39. The highest BCUT2D eigenvalue weighted by atomic mass is 16.1. The number of hydrogen-bond acceptors (Lipinski definition) is 3. The Morgan fingerprint density at radius 2 is 2.37 bits per heavy atom. The van der Waals surface area contributed by atoms with Gasteiger partial charge in [0.05, 0.1) is 17.6 Å². The third kappa shape index (κ3) is 2.52. The molecule has 5 heteroatoms. The van der Waals surface area contributed by atoms with Gasteiger partial charge in [0.1, 0.15) is 0 Å². The first kappa shape index (κ1) is 14.1. The maximum Gasteiger partial charge on any atom is 0.237 e. The molecule has 1 aromatic rings. The molecule has 2 rings (SSSR count). The molecule has 2 unspecified atom stereocenters. The first-order chi connectivity index (χ1) is 9.00. The number of likely N-dealkylation sites (N-methyl/N-ethyl adjacent to an activating group) is 1. The van der Waals surface area contributed by atoms with Crippen molar-refractivity contribution in [1.29, 1.82) is 0 Å². The van der Waals surface area contributed by atoms with E-state index >= 15 is 0 Å². The van der Waals surface area contributed by atoms with E-state index in [-0.39, 0.29) is 5.91 Å². The van der Waals surface area contributed by atoms with E-state index in [9.17, 15) is 4.79 Å². The minimum absolute atomic E-state index is 0.228. The van der Waals surface area contributed by atoms with Gasteiger partial charge in [0.25, 0.3) is 0 Å². The highest BCUT2D eigenvalue weighted by Crippen LogP contribution is 2.36. The standard InChI is InChI=1S/C14H24N4O/c1-4-17-14(13(15)19)7-5-6-12(8-14)18-9-16-10(2)11(18)3/h9,12,17H,4-8H2,1-3H3,(H2,15,19). The molecule has 1 saturated carbocycles. The summed E-state index contributed by atoms with van der Waals surface area (Å²) in [5.41, 5.74) is 7.33. The highest BCUT2D eigenvalue weighted by molar-refractivity contribution is 5.84. The number of carbonyl (C=O) groups excluding carboxylic acids is 1. The number of primary amides is 1. The molecule has 1 heterocycles. The summed E-state index contributed by atoms with van der Waals surface area (Å²) in [6, 6.07) is 0.307. The minimum atomic E-state index is -0.553. The van der Waals surface area contributed by atoms with Crippen LogP contribution in [0.3, 0.4) is 0 Å². The number of aryl methyl sites for hydroxylation is 1. The van der Waals surface area contributed by atoms with Crippen LogP contribution in [0.1, 0.15) is 50.0 Å². The summed E-state index contributed by atoms with van der Waals surface area (Å²) in [4.78, 5) is 16.2. The lowest BCUT2D eigenvalue weighted by Gasteiger charge is -2.39. The Balaban J connectivity index is 2.25. The average molecular weight is 264 g/mol. The second-order valence-electron chi connectivity index (χ2n) is 5.55. The van der Waals surface area contributed by atoms with Crippen molar-refractivity contribution in [2.45, 2.75) is 58.0 Å². The molecule has 3 N–H and O–H groups in total. The molecule has 0 aliphatic heterocycles. The lowest BCUT2D eigenvalue weighted by atomic mass is 9.78. The molecule has 0 spiro atoms. The largest absolute Gasteiger partial charge is 0.368 e. The first-order valence-corrected chi connectivity index (χ1v) is 7.05. The monoisotopic (exact) mass is 264 g/mol. The topological polar surface area (TPSA) is 72.9 Å². The zero-order chi connectivity index (χ0) is 14.0. The van der Waals surface area contributed by atoms with Crippen molar-refractivity contribution in [3.63, 3.8) is 0 Å². The van der Waals surface area contributed by atoms with Crippen LogP contribution >= 0.6 is 0 Å². The quantitative estimate of drug-likeness (QED) is 0.864. The van der Waals surface area contributed by atoms with Crippen LogP contribution < -0.4 is 11.1 Å². The van der Waals surface area contributed by atoms with E-state index < -0.39 is 5.54 Å². The maximum atomic E-state index is 11.9. The molecule has 0 saturated heterocycles. The van der Waals surface area contributed by atoms with E-state index in [0.29, 0.717) is 6.04 Å². The van der Waals surface area contributed by atoms with Crippen LogP contribution in [0.2, 0.25) is 0 Å². The molecule has 1 aromatic heterocycles. The normalized spacial score (nSPS) is 27.4. The van der Waals surface area contributed by atoms with E-state index in [1.54, 1.807) is 0 Å². The van der Waals surface area contributed by atoms with Gasteiger partial charge in [0.15, 0.2) is 0 Å². The van der Waals surface area contributed by atoms with E-state index in [2.05, 4.69) is 21.8 Å². The number of nitrogens with zero attached hydrogens (tertiary/aromatic N) is 2. The molecular weight excluding hydrogens is 240 g/mol. The van der Waals surface area contributed by atoms with E-state index in [1.165, 1.54) is 5.69 Å². The predicted octanol–water partition coefficient (Wildman–Crippen LogP) is 1.45. The fraction of sp³-hybridized carbons (Fsp3) is 0.714. The summed E-state index contributed by atoms with van der Waals surface area (Å²) in [5, 5.41) is 3.32. The number of aromatic nitrogens is 2. The molecule has 0 bridgehead atoms. The van der Waals surface area contributed by atoms with Gasteiger partial charge in [-0.3, -0.25) is 4.79 Å². The van der Waals surface area contributed by atoms with Crippen molar-refractivity contribution in [1.82, 2.24) is 14.9 Å². The van der Waals surface area contributed by atoms with Gasteiger partial charge in [0, 0.05) is 11.7 Å². The summed E-state index contributed by atoms with van der Waals surface area (Å²) >= 11 is 0. The molecular formula is C14H24N4O. The van der Waals surface area contributed by atoms with Crippen molar-refractivity contribution >= 4 is 5.91 Å². The van der Waals surface area contributed by atoms with Gasteiger partial charge >= 0.3 is 0 Å². The lowest BCUT2D eigenvalue weighted by Crippen LogP contribution is -2.57. The minimum Gasteiger partial charge on any atom is -0.368 e. The number of amides is 1. The molecule has 0 aromatic carbocycles. The Kier molecular flexibility index (Phi) is 3.94. The van der Waals surface area contributed by atoms with E-state index in [4.69, 9.17) is 5.73 Å². The summed E-state index contributed by atoms with van der Waals surface area (Å²) in [6.45, 7) is 6.87. The van der Waals surface area contributed by atoms with Crippen molar-refractivity contribution < 1.29 is 4.79 Å². The number of imidazole rings is 1. The Bertz CT molecular complexity index is 464. The molecule has 106 valence electrons. The number of nitrogens with one attached hydrogen (secondary N) is 1. The molecule has 19 heavy (non-hydrogen) atoms. The number of rotatable bonds is 4. The number of hydrogen-bond donors (Lipinski definition) is 2. The maximum absolute atomic E-state index is 11.9. The third-order valence-electron chi connectivity index (χ3n) is 4.39. The van der Waals surface area contributed by atoms with Crippen LogP contribution in [0.4, 0.5) is 0 Å². The molecule has 1 amide bonds. The SMILES string of the molecule is CCNC1(C(N)=O)CCCC(n2cnc(C)c2C)C1. The Hall–Kier alpha value is -1.36. The van der Waals surface area contributed by atoms with Gasteiger partial charge in [-0.25, -0.2) is 4.98 Å². The van der Waals surface area contributed by atoms with Gasteiger partial charge in [0.2, 0.25) is 5.91 Å². The zero-order valence-electron chi connectivity index (χ0n) is 12.1. The second-order valence-corrected chi connectivity index (χ2v) is 5.55. The first-order valence-electron chi connectivity index (χ1n) is 7.05. The smallest absolute Gasteiger partial charge is 0.237 e.